The van der Waals surface area contributed by atoms with Crippen LogP contribution in [0.4, 0.5) is 4.39 Å². The van der Waals surface area contributed by atoms with E-state index < -0.39 is 26.3 Å². The summed E-state index contributed by atoms with van der Waals surface area (Å²) in [4.78, 5) is 25.4. The zero-order valence-electron chi connectivity index (χ0n) is 21.1. The molecule has 0 aliphatic rings. The molecule has 0 aliphatic carbocycles. The Kier molecular flexibility index (Phi) is 7.78. The monoisotopic (exact) mass is 483 g/mol. The highest BCUT2D eigenvalue weighted by molar-refractivity contribution is 6.48. The average molecular weight is 484 g/mol. The van der Waals surface area contributed by atoms with Crippen LogP contribution in [0.5, 0.6) is 0 Å². The van der Waals surface area contributed by atoms with Gasteiger partial charge in [-0.15, -0.1) is 0 Å². The van der Waals surface area contributed by atoms with Crippen molar-refractivity contribution < 1.29 is 18.3 Å². The van der Waals surface area contributed by atoms with Crippen molar-refractivity contribution >= 4 is 25.9 Å². The second-order valence-corrected chi connectivity index (χ2v) is 12.1. The largest absolute Gasteiger partial charge is 0.462 e. The molecule has 5 nitrogen and oxygen atoms in total. The SMILES string of the molecule is CCOC(=O)c1cn(CC)c2cc(-c3cccc(C(C)(C)C)c3CO[SiH](C)C)c(F)cc2c1=O. The average Bonchev–Trinajstić information content (AvgIpc) is 2.77. The van der Waals surface area contributed by atoms with Crippen molar-refractivity contribution in [3.05, 3.63) is 69.3 Å². The van der Waals surface area contributed by atoms with Gasteiger partial charge in [0.2, 0.25) is 5.43 Å². The van der Waals surface area contributed by atoms with Crippen molar-refractivity contribution in [1.82, 2.24) is 4.57 Å². The van der Waals surface area contributed by atoms with Crippen LogP contribution in [0.2, 0.25) is 13.1 Å². The molecule has 1 aromatic heterocycles. The molecule has 0 aliphatic heterocycles. The summed E-state index contributed by atoms with van der Waals surface area (Å²) in [5, 5.41) is 0.160. The van der Waals surface area contributed by atoms with Gasteiger partial charge in [-0.1, -0.05) is 39.0 Å². The minimum atomic E-state index is -1.31. The number of hydrogen-bond donors (Lipinski definition) is 0. The Balaban J connectivity index is 2.31. The van der Waals surface area contributed by atoms with Crippen LogP contribution >= 0.6 is 0 Å². The Hall–Kier alpha value is -2.77. The highest BCUT2D eigenvalue weighted by Gasteiger charge is 2.24. The van der Waals surface area contributed by atoms with Crippen LogP contribution in [-0.4, -0.2) is 26.2 Å². The standard InChI is InChI=1S/C27H34FNO4Si/c1-8-29-15-20(26(31)32-9-2)25(30)19-13-23(28)18(14-24(19)29)17-11-10-12-22(27(3,4)5)21(17)16-33-34(6)7/h10-15,34H,8-9,16H2,1-7H3. The number of fused-ring (bicyclic) bond motifs is 1. The van der Waals surface area contributed by atoms with Crippen molar-refractivity contribution in [2.24, 2.45) is 0 Å². The first-order valence-electron chi connectivity index (χ1n) is 11.8. The predicted molar refractivity (Wildman–Crippen MR) is 138 cm³/mol. The van der Waals surface area contributed by atoms with E-state index in [1.165, 1.54) is 12.3 Å². The fourth-order valence-electron chi connectivity index (χ4n) is 4.18. The van der Waals surface area contributed by atoms with Gasteiger partial charge in [-0.3, -0.25) is 4.79 Å². The molecule has 0 saturated heterocycles. The number of pyridine rings is 1. The topological polar surface area (TPSA) is 57.5 Å². The summed E-state index contributed by atoms with van der Waals surface area (Å²) in [6, 6.07) is 8.86. The first-order chi connectivity index (χ1) is 16.0. The van der Waals surface area contributed by atoms with Crippen molar-refractivity contribution in [2.75, 3.05) is 6.61 Å². The van der Waals surface area contributed by atoms with E-state index in [2.05, 4.69) is 39.9 Å². The van der Waals surface area contributed by atoms with Gasteiger partial charge in [0, 0.05) is 23.7 Å². The van der Waals surface area contributed by atoms with Gasteiger partial charge in [-0.25, -0.2) is 9.18 Å². The van der Waals surface area contributed by atoms with E-state index in [1.54, 1.807) is 17.6 Å². The number of halogens is 1. The van der Waals surface area contributed by atoms with Gasteiger partial charge in [0.1, 0.15) is 11.4 Å². The fraction of sp³-hybridized carbons (Fsp3) is 0.407. The number of ether oxygens (including phenoxy) is 1. The molecule has 0 unspecified atom stereocenters. The second kappa shape index (κ2) is 10.2. The van der Waals surface area contributed by atoms with Gasteiger partial charge in [0.05, 0.1) is 18.7 Å². The summed E-state index contributed by atoms with van der Waals surface area (Å²) < 4.78 is 28.5. The van der Waals surface area contributed by atoms with E-state index in [1.807, 2.05) is 19.1 Å². The summed E-state index contributed by atoms with van der Waals surface area (Å²) in [7, 11) is -1.31. The van der Waals surface area contributed by atoms with Crippen LogP contribution in [0.1, 0.15) is 56.1 Å². The van der Waals surface area contributed by atoms with Crippen LogP contribution in [0, 0.1) is 5.82 Å². The molecule has 0 fully saturated rings. The van der Waals surface area contributed by atoms with Crippen molar-refractivity contribution in [3.63, 3.8) is 0 Å². The minimum Gasteiger partial charge on any atom is -0.462 e. The number of hydrogen-bond acceptors (Lipinski definition) is 4. The van der Waals surface area contributed by atoms with Gasteiger partial charge >= 0.3 is 5.97 Å². The van der Waals surface area contributed by atoms with Gasteiger partial charge in [-0.05, 0) is 61.2 Å². The van der Waals surface area contributed by atoms with Crippen LogP contribution in [-0.2, 0) is 27.7 Å². The van der Waals surface area contributed by atoms with Crippen molar-refractivity contribution in [3.8, 4) is 11.1 Å². The Labute approximate surface area is 202 Å². The first-order valence-corrected chi connectivity index (χ1v) is 14.6. The maximum atomic E-state index is 15.6. The van der Waals surface area contributed by atoms with Crippen molar-refractivity contribution in [2.45, 2.75) is 66.3 Å². The quantitative estimate of drug-likeness (QED) is 0.315. The fourth-order valence-corrected chi connectivity index (χ4v) is 4.68. The molecule has 3 aromatic rings. The third-order valence-corrected chi connectivity index (χ3v) is 6.67. The molecular formula is C27H34FNO4Si. The molecule has 7 heteroatoms. The molecule has 0 amide bonds. The number of carbonyl (C=O) groups excluding carboxylic acids is 1. The van der Waals surface area contributed by atoms with E-state index >= 15 is 4.39 Å². The van der Waals surface area contributed by atoms with Gasteiger partial charge in [0.25, 0.3) is 0 Å². The van der Waals surface area contributed by atoms with Crippen LogP contribution in [0.3, 0.4) is 0 Å². The molecule has 0 atom stereocenters. The Morgan fingerprint density at radius 3 is 2.41 bits per heavy atom. The van der Waals surface area contributed by atoms with E-state index in [9.17, 15) is 9.59 Å². The summed E-state index contributed by atoms with van der Waals surface area (Å²) >= 11 is 0. The number of rotatable bonds is 7. The Morgan fingerprint density at radius 2 is 1.82 bits per heavy atom. The number of carbonyl (C=O) groups is 1. The third-order valence-electron chi connectivity index (χ3n) is 5.84. The summed E-state index contributed by atoms with van der Waals surface area (Å²) in [5.74, 6) is -1.21. The van der Waals surface area contributed by atoms with Gasteiger partial charge in [0.15, 0.2) is 9.04 Å². The molecule has 34 heavy (non-hydrogen) atoms. The normalized spacial score (nSPS) is 11.9. The molecule has 0 spiro atoms. The van der Waals surface area contributed by atoms with Crippen molar-refractivity contribution in [1.29, 1.82) is 0 Å². The van der Waals surface area contributed by atoms with Crippen LogP contribution in [0.15, 0.2) is 41.3 Å². The van der Waals surface area contributed by atoms with E-state index in [0.29, 0.717) is 24.2 Å². The zero-order valence-corrected chi connectivity index (χ0v) is 22.3. The molecule has 3 rings (SSSR count). The number of nitrogens with zero attached hydrogens (tertiary/aromatic N) is 1. The minimum absolute atomic E-state index is 0.0888. The molecule has 182 valence electrons. The number of aryl methyl sites for hydroxylation is 1. The zero-order chi connectivity index (χ0) is 25.2. The lowest BCUT2D eigenvalue weighted by Crippen LogP contribution is -2.21. The smallest absolute Gasteiger partial charge is 0.343 e. The second-order valence-electron chi connectivity index (χ2n) is 9.67. The summed E-state index contributed by atoms with van der Waals surface area (Å²) in [5.41, 5.74) is 3.03. The lowest BCUT2D eigenvalue weighted by atomic mass is 9.81. The molecule has 0 radical (unpaired) electrons. The third kappa shape index (κ3) is 5.15. The Morgan fingerprint density at radius 1 is 1.12 bits per heavy atom. The summed E-state index contributed by atoms with van der Waals surface area (Å²) in [6.45, 7) is 15.3. The number of aromatic nitrogens is 1. The van der Waals surface area contributed by atoms with E-state index in [-0.39, 0.29) is 23.0 Å². The highest BCUT2D eigenvalue weighted by atomic mass is 28.3. The Bertz CT molecular complexity index is 1270. The molecule has 0 N–H and O–H groups in total. The predicted octanol–water partition coefficient (Wildman–Crippen LogP) is 5.80. The lowest BCUT2D eigenvalue weighted by molar-refractivity contribution is 0.0524. The van der Waals surface area contributed by atoms with E-state index in [4.69, 9.17) is 9.16 Å². The highest BCUT2D eigenvalue weighted by Crippen LogP contribution is 2.36. The lowest BCUT2D eigenvalue weighted by Gasteiger charge is -2.26. The first kappa shape index (κ1) is 25.8. The maximum Gasteiger partial charge on any atom is 0.343 e. The van der Waals surface area contributed by atoms with Gasteiger partial charge in [-0.2, -0.15) is 0 Å². The molecular weight excluding hydrogens is 449 g/mol. The number of esters is 1. The molecule has 0 saturated carbocycles. The van der Waals surface area contributed by atoms with Crippen LogP contribution < -0.4 is 5.43 Å². The van der Waals surface area contributed by atoms with E-state index in [0.717, 1.165) is 16.7 Å². The number of benzene rings is 2. The molecule has 1 heterocycles. The maximum absolute atomic E-state index is 15.6. The molecule has 0 bridgehead atoms. The summed E-state index contributed by atoms with van der Waals surface area (Å²) in [6.07, 6.45) is 1.50. The van der Waals surface area contributed by atoms with Crippen LogP contribution in [0.25, 0.3) is 22.0 Å². The molecule has 2 aromatic carbocycles. The van der Waals surface area contributed by atoms with Gasteiger partial charge < -0.3 is 13.7 Å².